The average Bonchev–Trinajstić information content (AvgIpc) is 2.38. The molecule has 4 nitrogen and oxygen atoms in total. The van der Waals surface area contributed by atoms with Gasteiger partial charge in [-0.1, -0.05) is 6.07 Å². The number of pyridine rings is 1. The van der Waals surface area contributed by atoms with Crippen molar-refractivity contribution in [1.29, 1.82) is 0 Å². The van der Waals surface area contributed by atoms with E-state index in [1.165, 1.54) is 28.6 Å². The van der Waals surface area contributed by atoms with Crippen molar-refractivity contribution in [2.24, 2.45) is 0 Å². The SMILES string of the molecule is O=[SH](=O)N(Cc1cccnc1)c1ccc(F)cc1. The first-order valence-electron chi connectivity index (χ1n) is 5.23. The van der Waals surface area contributed by atoms with Crippen molar-refractivity contribution in [2.75, 3.05) is 4.31 Å². The molecule has 0 aliphatic rings. The summed E-state index contributed by atoms with van der Waals surface area (Å²) in [6, 6.07) is 8.82. The highest BCUT2D eigenvalue weighted by Crippen LogP contribution is 2.17. The van der Waals surface area contributed by atoms with Crippen molar-refractivity contribution < 1.29 is 12.8 Å². The fourth-order valence-electron chi connectivity index (χ4n) is 1.52. The van der Waals surface area contributed by atoms with Gasteiger partial charge in [0.2, 0.25) is 10.9 Å². The molecule has 6 heteroatoms. The maximum atomic E-state index is 12.8. The lowest BCUT2D eigenvalue weighted by Gasteiger charge is -2.17. The molecule has 0 saturated carbocycles. The number of anilines is 1. The predicted molar refractivity (Wildman–Crippen MR) is 67.1 cm³/mol. The normalized spacial score (nSPS) is 10.6. The van der Waals surface area contributed by atoms with Crippen LogP contribution in [-0.4, -0.2) is 13.4 Å². The van der Waals surface area contributed by atoms with Gasteiger partial charge in [-0.3, -0.25) is 9.29 Å². The monoisotopic (exact) mass is 266 g/mol. The Morgan fingerprint density at radius 3 is 2.44 bits per heavy atom. The topological polar surface area (TPSA) is 50.3 Å². The number of benzene rings is 1. The highest BCUT2D eigenvalue weighted by atomic mass is 32.2. The third kappa shape index (κ3) is 3.04. The van der Waals surface area contributed by atoms with Gasteiger partial charge in [-0.05, 0) is 35.9 Å². The van der Waals surface area contributed by atoms with Crippen LogP contribution in [0.5, 0.6) is 0 Å². The number of aromatic nitrogens is 1. The number of hydrogen-bond donors (Lipinski definition) is 1. The molecule has 0 aliphatic carbocycles. The third-order valence-electron chi connectivity index (χ3n) is 2.38. The molecule has 0 radical (unpaired) electrons. The minimum Gasteiger partial charge on any atom is -0.268 e. The van der Waals surface area contributed by atoms with Crippen LogP contribution < -0.4 is 4.31 Å². The van der Waals surface area contributed by atoms with Gasteiger partial charge in [-0.2, -0.15) is 0 Å². The van der Waals surface area contributed by atoms with E-state index in [1.807, 2.05) is 0 Å². The van der Waals surface area contributed by atoms with Crippen LogP contribution in [0.15, 0.2) is 48.8 Å². The van der Waals surface area contributed by atoms with Crippen molar-refractivity contribution in [1.82, 2.24) is 4.98 Å². The van der Waals surface area contributed by atoms with E-state index in [0.29, 0.717) is 5.69 Å². The molecule has 1 aromatic carbocycles. The van der Waals surface area contributed by atoms with Crippen molar-refractivity contribution >= 4 is 16.6 Å². The Morgan fingerprint density at radius 1 is 1.17 bits per heavy atom. The average molecular weight is 266 g/mol. The Kier molecular flexibility index (Phi) is 3.88. The molecule has 0 amide bonds. The summed E-state index contributed by atoms with van der Waals surface area (Å²) in [5, 5.41) is 0. The highest BCUT2D eigenvalue weighted by Gasteiger charge is 2.09. The van der Waals surface area contributed by atoms with Crippen LogP contribution in [0.2, 0.25) is 0 Å². The third-order valence-corrected chi connectivity index (χ3v) is 3.14. The van der Waals surface area contributed by atoms with Crippen molar-refractivity contribution in [3.63, 3.8) is 0 Å². The van der Waals surface area contributed by atoms with Gasteiger partial charge in [0.15, 0.2) is 0 Å². The lowest BCUT2D eigenvalue weighted by Crippen LogP contribution is -2.20. The van der Waals surface area contributed by atoms with E-state index in [9.17, 15) is 12.8 Å². The van der Waals surface area contributed by atoms with E-state index in [4.69, 9.17) is 0 Å². The summed E-state index contributed by atoms with van der Waals surface area (Å²) in [5.74, 6) is -0.402. The van der Waals surface area contributed by atoms with E-state index in [-0.39, 0.29) is 6.54 Å². The summed E-state index contributed by atoms with van der Waals surface area (Å²) in [4.78, 5) is 3.92. The summed E-state index contributed by atoms with van der Waals surface area (Å²) in [6.07, 6.45) is 3.21. The molecule has 18 heavy (non-hydrogen) atoms. The summed E-state index contributed by atoms with van der Waals surface area (Å²) in [7, 11) is -2.79. The second kappa shape index (κ2) is 5.59. The fraction of sp³-hybridized carbons (Fsp3) is 0.0833. The summed E-state index contributed by atoms with van der Waals surface area (Å²) < 4.78 is 36.4. The molecule has 0 N–H and O–H groups in total. The zero-order chi connectivity index (χ0) is 13.0. The fourth-order valence-corrected chi connectivity index (χ4v) is 2.12. The van der Waals surface area contributed by atoms with Crippen molar-refractivity contribution in [3.05, 3.63) is 60.2 Å². The molecule has 0 saturated heterocycles. The van der Waals surface area contributed by atoms with E-state index in [1.54, 1.807) is 24.5 Å². The number of halogens is 1. The van der Waals surface area contributed by atoms with Gasteiger partial charge in [0.05, 0.1) is 12.2 Å². The molecule has 2 aromatic rings. The Bertz CT molecular complexity index is 577. The summed E-state index contributed by atoms with van der Waals surface area (Å²) in [6.45, 7) is 0.179. The second-order valence-electron chi connectivity index (χ2n) is 3.63. The number of hydrogen-bond acceptors (Lipinski definition) is 3. The molecular formula is C12H11FN2O2S. The Balaban J connectivity index is 2.27. The zero-order valence-electron chi connectivity index (χ0n) is 9.36. The smallest absolute Gasteiger partial charge is 0.225 e. The van der Waals surface area contributed by atoms with Crippen LogP contribution in [0.25, 0.3) is 0 Å². The molecule has 1 heterocycles. The van der Waals surface area contributed by atoms with Gasteiger partial charge in [0.1, 0.15) is 5.82 Å². The minimum atomic E-state index is -2.79. The van der Waals surface area contributed by atoms with Gasteiger partial charge in [0.25, 0.3) is 0 Å². The molecule has 2 rings (SSSR count). The van der Waals surface area contributed by atoms with Gasteiger partial charge in [-0.15, -0.1) is 0 Å². The maximum Gasteiger partial charge on any atom is 0.225 e. The van der Waals surface area contributed by atoms with Crippen LogP contribution >= 0.6 is 0 Å². The summed E-state index contributed by atoms with van der Waals surface area (Å²) >= 11 is 0. The molecule has 0 atom stereocenters. The molecular weight excluding hydrogens is 255 g/mol. The van der Waals surface area contributed by atoms with Crippen molar-refractivity contribution in [2.45, 2.75) is 6.54 Å². The van der Waals surface area contributed by atoms with Gasteiger partial charge >= 0.3 is 0 Å². The lowest BCUT2D eigenvalue weighted by molar-refractivity contribution is 0.608. The Morgan fingerprint density at radius 2 is 1.89 bits per heavy atom. The molecule has 0 bridgehead atoms. The first kappa shape index (κ1) is 12.5. The van der Waals surface area contributed by atoms with Gasteiger partial charge in [-0.25, -0.2) is 12.8 Å². The molecule has 94 valence electrons. The first-order valence-corrected chi connectivity index (χ1v) is 6.36. The van der Waals surface area contributed by atoms with E-state index in [0.717, 1.165) is 5.56 Å². The van der Waals surface area contributed by atoms with Crippen LogP contribution in [0.4, 0.5) is 10.1 Å². The molecule has 0 spiro atoms. The molecule has 0 aliphatic heterocycles. The summed E-state index contributed by atoms with van der Waals surface area (Å²) in [5.41, 5.74) is 1.19. The molecule has 0 fully saturated rings. The Hall–Kier alpha value is -1.95. The van der Waals surface area contributed by atoms with Crippen LogP contribution in [-0.2, 0) is 17.4 Å². The Labute approximate surface area is 106 Å². The van der Waals surface area contributed by atoms with E-state index < -0.39 is 16.7 Å². The first-order chi connectivity index (χ1) is 8.66. The largest absolute Gasteiger partial charge is 0.268 e. The predicted octanol–water partition coefficient (Wildman–Crippen LogP) is 1.75. The molecule has 1 aromatic heterocycles. The lowest BCUT2D eigenvalue weighted by atomic mass is 10.2. The quantitative estimate of drug-likeness (QED) is 0.858. The standard InChI is InChI=1S/C12H11FN2O2S/c13-11-3-5-12(6-4-11)15(18(16)17)9-10-2-1-7-14-8-10/h1-8,18H,9H2. The van der Waals surface area contributed by atoms with Gasteiger partial charge in [0, 0.05) is 12.4 Å². The number of rotatable bonds is 4. The van der Waals surface area contributed by atoms with Crippen molar-refractivity contribution in [3.8, 4) is 0 Å². The zero-order valence-corrected chi connectivity index (χ0v) is 10.3. The van der Waals surface area contributed by atoms with E-state index >= 15 is 0 Å². The minimum absolute atomic E-state index is 0.179. The van der Waals surface area contributed by atoms with Crippen LogP contribution in [0, 0.1) is 5.82 Å². The van der Waals surface area contributed by atoms with Crippen LogP contribution in [0.3, 0.4) is 0 Å². The second-order valence-corrected chi connectivity index (χ2v) is 4.59. The highest BCUT2D eigenvalue weighted by molar-refractivity contribution is 7.74. The maximum absolute atomic E-state index is 12.8. The van der Waals surface area contributed by atoms with E-state index in [2.05, 4.69) is 4.98 Å². The van der Waals surface area contributed by atoms with Gasteiger partial charge < -0.3 is 0 Å². The molecule has 0 unspecified atom stereocenters. The number of nitrogens with zero attached hydrogens (tertiary/aromatic N) is 2. The van der Waals surface area contributed by atoms with Crippen LogP contribution in [0.1, 0.15) is 5.56 Å². The number of thiol groups is 1.